The molecule has 3 aromatic rings. The summed E-state index contributed by atoms with van der Waals surface area (Å²) in [6.07, 6.45) is 0. The molecule has 0 spiro atoms. The number of rotatable bonds is 3. The Labute approximate surface area is 120 Å². The van der Waals surface area contributed by atoms with E-state index in [1.807, 2.05) is 84.7 Å². The van der Waals surface area contributed by atoms with Crippen molar-refractivity contribution in [1.29, 1.82) is 0 Å². The van der Waals surface area contributed by atoms with E-state index in [4.69, 9.17) is 0 Å². The lowest BCUT2D eigenvalue weighted by Gasteiger charge is -2.19. The van der Waals surface area contributed by atoms with E-state index in [0.717, 1.165) is 23.8 Å². The second-order valence-electron chi connectivity index (χ2n) is 4.47. The lowest BCUT2D eigenvalue weighted by molar-refractivity contribution is 0.593. The number of benzene rings is 2. The van der Waals surface area contributed by atoms with Gasteiger partial charge in [0.25, 0.3) is 0 Å². The van der Waals surface area contributed by atoms with Gasteiger partial charge >= 0.3 is 0 Å². The highest BCUT2D eigenvalue weighted by Crippen LogP contribution is 2.44. The Morgan fingerprint density at radius 1 is 0.650 bits per heavy atom. The molecule has 0 N–H and O–H groups in total. The SMILES string of the molecule is O=P(c1ccccc1)(c1ccccc1)c1ccccp1. The summed E-state index contributed by atoms with van der Waals surface area (Å²) in [5.41, 5.74) is 0. The van der Waals surface area contributed by atoms with E-state index in [-0.39, 0.29) is 0 Å². The van der Waals surface area contributed by atoms with E-state index < -0.39 is 7.14 Å². The van der Waals surface area contributed by atoms with Gasteiger partial charge in [-0.2, -0.15) is 0 Å². The van der Waals surface area contributed by atoms with Gasteiger partial charge in [-0.05, 0) is 11.9 Å². The molecule has 1 nitrogen and oxygen atoms in total. The van der Waals surface area contributed by atoms with Crippen molar-refractivity contribution in [3.63, 3.8) is 0 Å². The average molecular weight is 296 g/mol. The van der Waals surface area contributed by atoms with Crippen LogP contribution in [0.3, 0.4) is 0 Å². The minimum absolute atomic E-state index is 0.897. The molecule has 0 aliphatic rings. The van der Waals surface area contributed by atoms with Crippen LogP contribution in [0.25, 0.3) is 0 Å². The molecule has 0 amide bonds. The van der Waals surface area contributed by atoms with Crippen LogP contribution in [0.2, 0.25) is 0 Å². The zero-order valence-corrected chi connectivity index (χ0v) is 12.7. The van der Waals surface area contributed by atoms with Gasteiger partial charge in [-0.1, -0.05) is 81.0 Å². The average Bonchev–Trinajstić information content (AvgIpc) is 2.56. The second kappa shape index (κ2) is 5.75. The highest BCUT2D eigenvalue weighted by atomic mass is 31.2. The molecule has 98 valence electrons. The summed E-state index contributed by atoms with van der Waals surface area (Å²) in [6, 6.07) is 25.5. The van der Waals surface area contributed by atoms with Gasteiger partial charge in [-0.3, -0.25) is 0 Å². The number of hydrogen-bond acceptors (Lipinski definition) is 1. The maximum Gasteiger partial charge on any atom is 0.175 e. The molecule has 20 heavy (non-hydrogen) atoms. The monoisotopic (exact) mass is 296 g/mol. The summed E-state index contributed by atoms with van der Waals surface area (Å²) >= 11 is 0. The molecule has 0 saturated heterocycles. The first kappa shape index (κ1) is 13.3. The van der Waals surface area contributed by atoms with Crippen molar-refractivity contribution in [1.82, 2.24) is 0 Å². The van der Waals surface area contributed by atoms with E-state index in [1.54, 1.807) is 0 Å². The van der Waals surface area contributed by atoms with Gasteiger partial charge in [-0.25, -0.2) is 0 Å². The van der Waals surface area contributed by atoms with Crippen LogP contribution in [-0.2, 0) is 4.57 Å². The molecular formula is C17H14OP2. The molecule has 0 saturated carbocycles. The lowest BCUT2D eigenvalue weighted by atomic mass is 10.4. The normalized spacial score (nSPS) is 11.6. The Morgan fingerprint density at radius 2 is 1.15 bits per heavy atom. The van der Waals surface area contributed by atoms with Crippen molar-refractivity contribution in [2.75, 3.05) is 0 Å². The maximum absolute atomic E-state index is 13.8. The Balaban J connectivity index is 2.27. The van der Waals surface area contributed by atoms with Crippen molar-refractivity contribution >= 4 is 31.0 Å². The molecule has 0 bridgehead atoms. The minimum atomic E-state index is -2.73. The largest absolute Gasteiger partial charge is 0.308 e. The van der Waals surface area contributed by atoms with Gasteiger partial charge in [0.1, 0.15) is 0 Å². The Bertz CT molecular complexity index is 621. The smallest absolute Gasteiger partial charge is 0.175 e. The molecule has 3 heteroatoms. The van der Waals surface area contributed by atoms with E-state index in [1.165, 1.54) is 0 Å². The van der Waals surface area contributed by atoms with Crippen molar-refractivity contribution in [2.24, 2.45) is 0 Å². The van der Waals surface area contributed by atoms with Crippen LogP contribution < -0.4 is 15.6 Å². The van der Waals surface area contributed by atoms with Gasteiger partial charge < -0.3 is 4.57 Å². The molecule has 2 aromatic carbocycles. The Kier molecular flexibility index (Phi) is 3.83. The predicted molar refractivity (Wildman–Crippen MR) is 88.3 cm³/mol. The molecule has 0 atom stereocenters. The van der Waals surface area contributed by atoms with Crippen molar-refractivity contribution in [2.45, 2.75) is 0 Å². The highest BCUT2D eigenvalue weighted by Gasteiger charge is 2.29. The zero-order valence-electron chi connectivity index (χ0n) is 10.9. The third-order valence-corrected chi connectivity index (χ3v) is 7.98. The van der Waals surface area contributed by atoms with Crippen LogP contribution >= 0.6 is 15.3 Å². The van der Waals surface area contributed by atoms with Gasteiger partial charge in [0.05, 0.1) is 0 Å². The van der Waals surface area contributed by atoms with E-state index in [2.05, 4.69) is 0 Å². The third-order valence-electron chi connectivity index (χ3n) is 3.21. The molecule has 1 aromatic heterocycles. The molecule has 0 fully saturated rings. The summed E-state index contributed by atoms with van der Waals surface area (Å²) in [7, 11) is -1.72. The molecule has 0 radical (unpaired) electrons. The van der Waals surface area contributed by atoms with Gasteiger partial charge in [0, 0.05) is 15.6 Å². The van der Waals surface area contributed by atoms with Crippen LogP contribution in [-0.4, -0.2) is 0 Å². The fourth-order valence-corrected chi connectivity index (χ4v) is 6.59. The fraction of sp³-hybridized carbons (Fsp3) is 0. The lowest BCUT2D eigenvalue weighted by Crippen LogP contribution is -2.23. The third kappa shape index (κ3) is 2.36. The van der Waals surface area contributed by atoms with Gasteiger partial charge in [0.15, 0.2) is 7.14 Å². The van der Waals surface area contributed by atoms with Crippen LogP contribution in [0.15, 0.2) is 84.7 Å². The first-order chi connectivity index (χ1) is 9.82. The molecule has 3 rings (SSSR count). The summed E-state index contributed by atoms with van der Waals surface area (Å²) in [6.45, 7) is 0. The molecule has 0 aliphatic heterocycles. The van der Waals surface area contributed by atoms with E-state index >= 15 is 0 Å². The second-order valence-corrected chi connectivity index (χ2v) is 8.59. The fourth-order valence-electron chi connectivity index (χ4n) is 2.23. The topological polar surface area (TPSA) is 17.1 Å². The van der Waals surface area contributed by atoms with E-state index in [0.29, 0.717) is 0 Å². The molecular weight excluding hydrogens is 282 g/mol. The standard InChI is InChI=1S/C17H14OP2/c18-20(15-9-3-1-4-10-15,16-11-5-2-6-12-16)17-13-7-8-14-19-17/h1-14H. The quantitative estimate of drug-likeness (QED) is 0.670. The molecule has 1 heterocycles. The first-order valence-corrected chi connectivity index (χ1v) is 9.12. The molecule has 0 aliphatic carbocycles. The van der Waals surface area contributed by atoms with Gasteiger partial charge in [-0.15, -0.1) is 0 Å². The van der Waals surface area contributed by atoms with Crippen LogP contribution in [0.4, 0.5) is 0 Å². The van der Waals surface area contributed by atoms with Crippen LogP contribution in [0, 0.1) is 0 Å². The summed E-state index contributed by atoms with van der Waals surface area (Å²) in [5, 5.41) is 2.76. The Morgan fingerprint density at radius 3 is 1.60 bits per heavy atom. The zero-order chi connectivity index (χ0) is 13.8. The maximum atomic E-state index is 13.8. The Hall–Kier alpha value is -1.68. The highest BCUT2D eigenvalue weighted by molar-refractivity contribution is 7.90. The summed E-state index contributed by atoms with van der Waals surface area (Å²) in [5.74, 6) is 2.04. The van der Waals surface area contributed by atoms with Gasteiger partial charge in [0.2, 0.25) is 0 Å². The van der Waals surface area contributed by atoms with Crippen molar-refractivity contribution < 1.29 is 4.57 Å². The minimum Gasteiger partial charge on any atom is -0.308 e. The van der Waals surface area contributed by atoms with Crippen LogP contribution in [0.1, 0.15) is 0 Å². The summed E-state index contributed by atoms with van der Waals surface area (Å²) in [4.78, 5) is 0. The summed E-state index contributed by atoms with van der Waals surface area (Å²) < 4.78 is 13.8. The number of hydrogen-bond donors (Lipinski definition) is 0. The molecule has 0 unspecified atom stereocenters. The van der Waals surface area contributed by atoms with E-state index in [9.17, 15) is 4.57 Å². The van der Waals surface area contributed by atoms with Crippen molar-refractivity contribution in [3.05, 3.63) is 84.7 Å². The first-order valence-electron chi connectivity index (χ1n) is 6.45. The van der Waals surface area contributed by atoms with Crippen molar-refractivity contribution in [3.8, 4) is 0 Å². The van der Waals surface area contributed by atoms with Crippen LogP contribution in [0.5, 0.6) is 0 Å². The predicted octanol–water partition coefficient (Wildman–Crippen LogP) is 3.91.